The number of carbonyl (C=O) groups is 1. The maximum Gasteiger partial charge on any atom is 0.330 e. The van der Waals surface area contributed by atoms with Crippen molar-refractivity contribution in [2.24, 2.45) is 0 Å². The third-order valence-corrected chi connectivity index (χ3v) is 20.7. The molecule has 0 heterocycles. The molecule has 0 N–H and O–H groups in total. The number of ether oxygens (including phenoxy) is 1. The molecule has 0 amide bonds. The van der Waals surface area contributed by atoms with Gasteiger partial charge in [0.2, 0.25) is 0 Å². The van der Waals surface area contributed by atoms with Crippen LogP contribution in [0.3, 0.4) is 0 Å². The topological polar surface area (TPSA) is 54.0 Å². The van der Waals surface area contributed by atoms with Crippen LogP contribution < -0.4 is 0 Å². The smallest absolute Gasteiger partial charge is 0.330 e. The van der Waals surface area contributed by atoms with Gasteiger partial charge < -0.3 is 17.1 Å². The predicted molar refractivity (Wildman–Crippen MR) is 119 cm³/mol. The van der Waals surface area contributed by atoms with Gasteiger partial charge in [-0.15, -0.1) is 0 Å². The van der Waals surface area contributed by atoms with Gasteiger partial charge in [0.25, 0.3) is 0 Å². The Morgan fingerprint density at radius 1 is 0.885 bits per heavy atom. The molecule has 0 radical (unpaired) electrons. The SMILES string of the molecule is C=CC(=O)OCC[Si](C)(CCC)O[Si](C)(C)O[Si](C)(C)O[Si](C)(C)CC. The van der Waals surface area contributed by atoms with Gasteiger partial charge in [0.05, 0.1) is 6.61 Å². The van der Waals surface area contributed by atoms with Gasteiger partial charge >= 0.3 is 23.1 Å². The van der Waals surface area contributed by atoms with Gasteiger partial charge in [0.1, 0.15) is 0 Å². The minimum atomic E-state index is -2.35. The molecule has 1 atom stereocenters. The van der Waals surface area contributed by atoms with Crippen LogP contribution in [0.2, 0.25) is 64.0 Å². The Labute approximate surface area is 165 Å². The van der Waals surface area contributed by atoms with Crippen LogP contribution in [0, 0.1) is 0 Å². The quantitative estimate of drug-likeness (QED) is 0.220. The molecule has 154 valence electrons. The van der Waals surface area contributed by atoms with Crippen LogP contribution >= 0.6 is 0 Å². The van der Waals surface area contributed by atoms with E-state index in [2.05, 4.69) is 66.3 Å². The van der Waals surface area contributed by atoms with Gasteiger partial charge in [-0.3, -0.25) is 0 Å². The molecule has 5 nitrogen and oxygen atoms in total. The first-order valence-corrected chi connectivity index (χ1v) is 21.2. The Bertz CT molecular complexity index is 468. The van der Waals surface area contributed by atoms with Crippen LogP contribution in [0.5, 0.6) is 0 Å². The standard InChI is InChI=1S/C17H40O5Si4/c1-11-15-26(10,16-14-19-17(18)12-2)22-25(8,9)21-24(6,7)20-23(4,5)13-3/h12H,2,11,13-16H2,1,3-10H3. The summed E-state index contributed by atoms with van der Waals surface area (Å²) in [6.45, 7) is 23.3. The van der Waals surface area contributed by atoms with E-state index < -0.39 is 33.8 Å². The zero-order chi connectivity index (χ0) is 20.6. The lowest BCUT2D eigenvalue weighted by atomic mass is 10.6. The lowest BCUT2D eigenvalue weighted by Crippen LogP contribution is -2.57. The molecule has 0 aromatic carbocycles. The first-order valence-electron chi connectivity index (χ1n) is 9.59. The third-order valence-electron chi connectivity index (χ3n) is 4.18. The summed E-state index contributed by atoms with van der Waals surface area (Å²) in [4.78, 5) is 11.3. The number of esters is 1. The Morgan fingerprint density at radius 2 is 1.42 bits per heavy atom. The van der Waals surface area contributed by atoms with Gasteiger partial charge in [0.15, 0.2) is 16.6 Å². The molecular weight excluding hydrogens is 397 g/mol. The zero-order valence-corrected chi connectivity index (χ0v) is 22.4. The Hall–Kier alpha value is -0.0425. The second-order valence-corrected chi connectivity index (χ2v) is 24.7. The first kappa shape index (κ1) is 26.0. The largest absolute Gasteiger partial charge is 0.463 e. The van der Waals surface area contributed by atoms with Gasteiger partial charge in [0, 0.05) is 6.08 Å². The fourth-order valence-electron chi connectivity index (χ4n) is 3.15. The summed E-state index contributed by atoms with van der Waals surface area (Å²) in [5.74, 6) is -0.376. The Morgan fingerprint density at radius 3 is 1.88 bits per heavy atom. The second kappa shape index (κ2) is 10.5. The van der Waals surface area contributed by atoms with E-state index in [1.165, 1.54) is 6.08 Å². The first-order chi connectivity index (χ1) is 11.7. The van der Waals surface area contributed by atoms with E-state index in [9.17, 15) is 4.79 Å². The van der Waals surface area contributed by atoms with E-state index in [4.69, 9.17) is 17.1 Å². The minimum Gasteiger partial charge on any atom is -0.463 e. The summed E-state index contributed by atoms with van der Waals surface area (Å²) >= 11 is 0. The molecule has 0 bridgehead atoms. The van der Waals surface area contributed by atoms with Crippen LogP contribution in [-0.2, 0) is 21.9 Å². The zero-order valence-electron chi connectivity index (χ0n) is 18.4. The highest BCUT2D eigenvalue weighted by Crippen LogP contribution is 2.28. The van der Waals surface area contributed by atoms with Crippen LogP contribution in [0.4, 0.5) is 0 Å². The van der Waals surface area contributed by atoms with Crippen LogP contribution in [0.1, 0.15) is 20.3 Å². The molecule has 0 rings (SSSR count). The molecular formula is C17H40O5Si4. The fourth-order valence-corrected chi connectivity index (χ4v) is 22.3. The molecule has 0 saturated heterocycles. The maximum absolute atomic E-state index is 11.3. The summed E-state index contributed by atoms with van der Waals surface area (Å²) in [6.07, 6.45) is 2.25. The number of hydrogen-bond donors (Lipinski definition) is 0. The van der Waals surface area contributed by atoms with Crippen molar-refractivity contribution < 1.29 is 21.9 Å². The van der Waals surface area contributed by atoms with Crippen molar-refractivity contribution in [1.29, 1.82) is 0 Å². The lowest BCUT2D eigenvalue weighted by molar-refractivity contribution is -0.137. The summed E-state index contributed by atoms with van der Waals surface area (Å²) in [7, 11) is -8.30. The highest BCUT2D eigenvalue weighted by Gasteiger charge is 2.44. The van der Waals surface area contributed by atoms with E-state index in [0.29, 0.717) is 6.61 Å². The van der Waals surface area contributed by atoms with Crippen molar-refractivity contribution >= 4 is 39.7 Å². The number of hydrogen-bond acceptors (Lipinski definition) is 5. The molecule has 26 heavy (non-hydrogen) atoms. The molecule has 1 unspecified atom stereocenters. The van der Waals surface area contributed by atoms with Crippen molar-refractivity contribution in [3.63, 3.8) is 0 Å². The van der Waals surface area contributed by atoms with Gasteiger partial charge in [-0.25, -0.2) is 4.79 Å². The molecule has 0 spiro atoms. The molecule has 0 aliphatic heterocycles. The summed E-state index contributed by atoms with van der Waals surface area (Å²) in [6, 6.07) is 2.88. The lowest BCUT2D eigenvalue weighted by Gasteiger charge is -2.41. The van der Waals surface area contributed by atoms with Crippen molar-refractivity contribution in [3.05, 3.63) is 12.7 Å². The summed E-state index contributed by atoms with van der Waals surface area (Å²) < 4.78 is 24.9. The van der Waals surface area contributed by atoms with Crippen LogP contribution in [0.25, 0.3) is 0 Å². The predicted octanol–water partition coefficient (Wildman–Crippen LogP) is 5.38. The highest BCUT2D eigenvalue weighted by molar-refractivity contribution is 6.89. The summed E-state index contributed by atoms with van der Waals surface area (Å²) in [5, 5.41) is 0. The highest BCUT2D eigenvalue weighted by atomic mass is 28.5. The van der Waals surface area contributed by atoms with E-state index >= 15 is 0 Å². The summed E-state index contributed by atoms with van der Waals surface area (Å²) in [5.41, 5.74) is 0. The number of rotatable bonds is 13. The van der Waals surface area contributed by atoms with Gasteiger partial charge in [-0.2, -0.15) is 0 Å². The van der Waals surface area contributed by atoms with Gasteiger partial charge in [-0.1, -0.05) is 26.8 Å². The normalized spacial score (nSPS) is 15.4. The van der Waals surface area contributed by atoms with Crippen molar-refractivity contribution in [2.45, 2.75) is 84.2 Å². The molecule has 0 fully saturated rings. The fraction of sp³-hybridized carbons (Fsp3) is 0.824. The molecule has 0 aliphatic carbocycles. The van der Waals surface area contributed by atoms with Crippen molar-refractivity contribution in [1.82, 2.24) is 0 Å². The van der Waals surface area contributed by atoms with E-state index in [0.717, 1.165) is 24.6 Å². The Kier molecular flexibility index (Phi) is 10.5. The molecule has 0 aliphatic rings. The molecule has 0 aromatic heterocycles. The third kappa shape index (κ3) is 11.0. The molecule has 9 heteroatoms. The second-order valence-electron chi connectivity index (χ2n) is 8.54. The molecule has 0 saturated carbocycles. The van der Waals surface area contributed by atoms with Crippen molar-refractivity contribution in [3.8, 4) is 0 Å². The average Bonchev–Trinajstić information content (AvgIpc) is 2.43. The van der Waals surface area contributed by atoms with E-state index in [-0.39, 0.29) is 5.97 Å². The van der Waals surface area contributed by atoms with Crippen molar-refractivity contribution in [2.75, 3.05) is 6.61 Å². The average molecular weight is 437 g/mol. The van der Waals surface area contributed by atoms with Gasteiger partial charge in [-0.05, 0) is 64.0 Å². The molecule has 0 aromatic rings. The van der Waals surface area contributed by atoms with Crippen LogP contribution in [-0.4, -0.2) is 46.3 Å². The van der Waals surface area contributed by atoms with E-state index in [1.54, 1.807) is 0 Å². The monoisotopic (exact) mass is 436 g/mol. The minimum absolute atomic E-state index is 0.376. The van der Waals surface area contributed by atoms with Crippen LogP contribution in [0.15, 0.2) is 12.7 Å². The maximum atomic E-state index is 11.3. The number of carbonyl (C=O) groups excluding carboxylic acids is 1. The van der Waals surface area contributed by atoms with E-state index in [1.807, 2.05) is 0 Å². The Balaban J connectivity index is 5.00.